The smallest absolute Gasteiger partial charge is 0.165 e. The van der Waals surface area contributed by atoms with Crippen LogP contribution in [-0.4, -0.2) is 46.2 Å². The van der Waals surface area contributed by atoms with Gasteiger partial charge in [-0.3, -0.25) is 0 Å². The van der Waals surface area contributed by atoms with Crippen LogP contribution in [0.25, 0.3) is 22.3 Å². The fraction of sp³-hybridized carbons (Fsp3) is 0.350. The Morgan fingerprint density at radius 2 is 1.96 bits per heavy atom. The van der Waals surface area contributed by atoms with Crippen LogP contribution in [0.2, 0.25) is 5.02 Å². The van der Waals surface area contributed by atoms with Gasteiger partial charge in [0.25, 0.3) is 0 Å². The van der Waals surface area contributed by atoms with Gasteiger partial charge in [-0.2, -0.15) is 0 Å². The molecule has 2 aliphatic rings. The summed E-state index contributed by atoms with van der Waals surface area (Å²) in [5.74, 6) is 0.00257. The van der Waals surface area contributed by atoms with Gasteiger partial charge < -0.3 is 15.3 Å². The van der Waals surface area contributed by atoms with Crippen LogP contribution < -0.4 is 10.2 Å². The molecule has 4 heterocycles. The van der Waals surface area contributed by atoms with Crippen molar-refractivity contribution in [2.24, 2.45) is 5.41 Å². The van der Waals surface area contributed by atoms with E-state index in [1.807, 2.05) is 0 Å². The van der Waals surface area contributed by atoms with Crippen LogP contribution in [0.15, 0.2) is 30.6 Å². The van der Waals surface area contributed by atoms with Gasteiger partial charge in [0, 0.05) is 26.2 Å². The Bertz CT molecular complexity index is 1040. The highest BCUT2D eigenvalue weighted by Crippen LogP contribution is 2.40. The average molecular weight is 400 g/mol. The quantitative estimate of drug-likeness (QED) is 0.688. The monoisotopic (exact) mass is 399 g/mol. The number of phenols is 1. The number of aromatic nitrogens is 3. The number of piperidine rings is 1. The third-order valence-electron chi connectivity index (χ3n) is 5.91. The molecule has 0 unspecified atom stereocenters. The molecule has 5 rings (SSSR count). The highest BCUT2D eigenvalue weighted by Gasteiger charge is 2.40. The summed E-state index contributed by atoms with van der Waals surface area (Å²) in [5.41, 5.74) is 1.02. The highest BCUT2D eigenvalue weighted by atomic mass is 35.5. The normalized spacial score (nSPS) is 18.4. The molecule has 0 bridgehead atoms. The Kier molecular flexibility index (Phi) is 4.10. The van der Waals surface area contributed by atoms with E-state index in [0.29, 0.717) is 11.1 Å². The van der Waals surface area contributed by atoms with Gasteiger partial charge in [-0.15, -0.1) is 0 Å². The van der Waals surface area contributed by atoms with Gasteiger partial charge in [0.05, 0.1) is 21.7 Å². The van der Waals surface area contributed by atoms with Crippen molar-refractivity contribution in [1.29, 1.82) is 0 Å². The molecule has 0 aliphatic carbocycles. The SMILES string of the molecule is Oc1cccc(F)c1-c1nc2ncnc(N3CCC4(CC3)CNC4)c2cc1Cl. The van der Waals surface area contributed by atoms with E-state index < -0.39 is 5.82 Å². The lowest BCUT2D eigenvalue weighted by Crippen LogP contribution is -2.58. The standard InChI is InChI=1S/C20H19ClFN5O/c21-13-8-12-18(26-17(13)16-14(22)2-1-3-15(16)28)24-11-25-19(12)27-6-4-20(5-7-27)9-23-10-20/h1-3,8,11,23,28H,4-7,9-10H2. The Balaban J connectivity index is 1.56. The van der Waals surface area contributed by atoms with E-state index in [1.54, 1.807) is 6.07 Å². The van der Waals surface area contributed by atoms with Crippen molar-refractivity contribution in [2.45, 2.75) is 12.8 Å². The molecule has 2 aliphatic heterocycles. The molecule has 1 spiro atoms. The number of nitrogens with zero attached hydrogens (tertiary/aromatic N) is 4. The molecule has 6 nitrogen and oxygen atoms in total. The first-order valence-corrected chi connectivity index (χ1v) is 9.69. The molecule has 2 N–H and O–H groups in total. The van der Waals surface area contributed by atoms with Crippen molar-refractivity contribution in [3.05, 3.63) is 41.4 Å². The lowest BCUT2D eigenvalue weighted by molar-refractivity contribution is 0.126. The average Bonchev–Trinajstić information content (AvgIpc) is 2.67. The fourth-order valence-electron chi connectivity index (χ4n) is 4.15. The maximum absolute atomic E-state index is 14.3. The zero-order valence-electron chi connectivity index (χ0n) is 15.1. The molecule has 0 atom stereocenters. The Hall–Kier alpha value is -2.51. The van der Waals surface area contributed by atoms with Crippen molar-refractivity contribution < 1.29 is 9.50 Å². The minimum absolute atomic E-state index is 0.0213. The van der Waals surface area contributed by atoms with Crippen LogP contribution in [0.1, 0.15) is 12.8 Å². The number of nitrogens with one attached hydrogen (secondary N) is 1. The van der Waals surface area contributed by atoms with Crippen LogP contribution in [-0.2, 0) is 0 Å². The lowest BCUT2D eigenvalue weighted by Gasteiger charge is -2.48. The fourth-order valence-corrected chi connectivity index (χ4v) is 4.40. The van der Waals surface area contributed by atoms with Gasteiger partial charge in [-0.25, -0.2) is 19.3 Å². The first-order chi connectivity index (χ1) is 13.6. The van der Waals surface area contributed by atoms with Crippen LogP contribution >= 0.6 is 11.6 Å². The van der Waals surface area contributed by atoms with E-state index in [9.17, 15) is 9.50 Å². The van der Waals surface area contributed by atoms with Gasteiger partial charge in [-0.1, -0.05) is 17.7 Å². The maximum Gasteiger partial charge on any atom is 0.165 e. The van der Waals surface area contributed by atoms with Crippen LogP contribution in [0.5, 0.6) is 5.75 Å². The maximum atomic E-state index is 14.3. The molecule has 2 saturated heterocycles. The molecule has 1 aromatic carbocycles. The second-order valence-corrected chi connectivity index (χ2v) is 8.02. The van der Waals surface area contributed by atoms with E-state index in [0.717, 1.165) is 50.2 Å². The number of halogens is 2. The third kappa shape index (κ3) is 2.77. The number of anilines is 1. The van der Waals surface area contributed by atoms with Crippen LogP contribution in [0.3, 0.4) is 0 Å². The first-order valence-electron chi connectivity index (χ1n) is 9.31. The summed E-state index contributed by atoms with van der Waals surface area (Å²) < 4.78 is 14.3. The Labute approximate surface area is 166 Å². The van der Waals surface area contributed by atoms with Gasteiger partial charge >= 0.3 is 0 Å². The molecule has 2 fully saturated rings. The Morgan fingerprint density at radius 3 is 2.64 bits per heavy atom. The predicted molar refractivity (Wildman–Crippen MR) is 106 cm³/mol. The van der Waals surface area contributed by atoms with Crippen molar-refractivity contribution in [1.82, 2.24) is 20.3 Å². The third-order valence-corrected chi connectivity index (χ3v) is 6.20. The van der Waals surface area contributed by atoms with Crippen LogP contribution in [0.4, 0.5) is 10.2 Å². The van der Waals surface area contributed by atoms with Gasteiger partial charge in [-0.05, 0) is 36.5 Å². The molecular formula is C20H19ClFN5O. The number of hydrogen-bond donors (Lipinski definition) is 2. The number of benzene rings is 1. The Morgan fingerprint density at radius 1 is 1.18 bits per heavy atom. The molecule has 8 heteroatoms. The highest BCUT2D eigenvalue weighted by molar-refractivity contribution is 6.34. The summed E-state index contributed by atoms with van der Waals surface area (Å²) in [6.07, 6.45) is 3.71. The second kappa shape index (κ2) is 6.53. The molecule has 28 heavy (non-hydrogen) atoms. The molecule has 0 saturated carbocycles. The minimum Gasteiger partial charge on any atom is -0.507 e. The number of rotatable bonds is 2. The van der Waals surface area contributed by atoms with E-state index in [4.69, 9.17) is 11.6 Å². The summed E-state index contributed by atoms with van der Waals surface area (Å²) in [7, 11) is 0. The molecular weight excluding hydrogens is 381 g/mol. The summed E-state index contributed by atoms with van der Waals surface area (Å²) in [6, 6.07) is 5.83. The van der Waals surface area contributed by atoms with Gasteiger partial charge in [0.2, 0.25) is 0 Å². The number of aromatic hydroxyl groups is 1. The molecule has 0 radical (unpaired) electrons. The zero-order chi connectivity index (χ0) is 19.3. The van der Waals surface area contributed by atoms with E-state index >= 15 is 0 Å². The predicted octanol–water partition coefficient (Wildman–Crippen LogP) is 3.38. The zero-order valence-corrected chi connectivity index (χ0v) is 15.9. The van der Waals surface area contributed by atoms with E-state index in [2.05, 4.69) is 25.2 Å². The minimum atomic E-state index is -0.585. The first kappa shape index (κ1) is 17.6. The number of pyridine rings is 1. The van der Waals surface area contributed by atoms with Crippen LogP contribution in [0, 0.1) is 11.2 Å². The summed E-state index contributed by atoms with van der Waals surface area (Å²) in [5, 5.41) is 14.4. The van der Waals surface area contributed by atoms with E-state index in [1.165, 1.54) is 24.5 Å². The van der Waals surface area contributed by atoms with Crippen molar-refractivity contribution >= 4 is 28.5 Å². The van der Waals surface area contributed by atoms with Crippen molar-refractivity contribution in [3.8, 4) is 17.0 Å². The molecule has 3 aromatic rings. The topological polar surface area (TPSA) is 74.2 Å². The van der Waals surface area contributed by atoms with Gasteiger partial charge in [0.1, 0.15) is 23.7 Å². The van der Waals surface area contributed by atoms with Gasteiger partial charge in [0.15, 0.2) is 5.65 Å². The summed E-state index contributed by atoms with van der Waals surface area (Å²) >= 11 is 6.45. The number of fused-ring (bicyclic) bond motifs is 1. The molecule has 0 amide bonds. The lowest BCUT2D eigenvalue weighted by atomic mass is 9.73. The number of phenolic OH excluding ortho intramolecular Hbond substituents is 1. The summed E-state index contributed by atoms with van der Waals surface area (Å²) in [4.78, 5) is 15.4. The largest absolute Gasteiger partial charge is 0.507 e. The second-order valence-electron chi connectivity index (χ2n) is 7.61. The summed E-state index contributed by atoms with van der Waals surface area (Å²) in [6.45, 7) is 4.02. The molecule has 144 valence electrons. The molecule has 2 aromatic heterocycles. The van der Waals surface area contributed by atoms with Crippen molar-refractivity contribution in [2.75, 3.05) is 31.1 Å². The van der Waals surface area contributed by atoms with Crippen molar-refractivity contribution in [3.63, 3.8) is 0 Å². The number of hydrogen-bond acceptors (Lipinski definition) is 6. The van der Waals surface area contributed by atoms with E-state index in [-0.39, 0.29) is 22.0 Å².